The maximum absolute atomic E-state index is 13.7. The molecule has 1 saturated heterocycles. The fraction of sp³-hybridized carbons (Fsp3) is 0.611. The summed E-state index contributed by atoms with van der Waals surface area (Å²) in [4.78, 5) is 39.2. The van der Waals surface area contributed by atoms with Gasteiger partial charge in [0.1, 0.15) is 11.6 Å². The van der Waals surface area contributed by atoms with Crippen LogP contribution in [0.2, 0.25) is 0 Å². The number of nitrogens with one attached hydrogen (secondary N) is 1. The third-order valence-electron chi connectivity index (χ3n) is 9.24. The number of aromatic nitrogens is 5. The van der Waals surface area contributed by atoms with E-state index in [4.69, 9.17) is 24.4 Å². The van der Waals surface area contributed by atoms with Crippen molar-refractivity contribution in [3.63, 3.8) is 0 Å². The molecule has 2 aliphatic rings. The molecule has 1 aliphatic heterocycles. The lowest BCUT2D eigenvalue weighted by Gasteiger charge is -2.34. The van der Waals surface area contributed by atoms with Crippen LogP contribution in [0.4, 0.5) is 11.8 Å². The van der Waals surface area contributed by atoms with Gasteiger partial charge in [0.15, 0.2) is 0 Å². The summed E-state index contributed by atoms with van der Waals surface area (Å²) >= 11 is 0. The number of nitrogens with zero attached hydrogens (tertiary/aromatic N) is 6. The van der Waals surface area contributed by atoms with Gasteiger partial charge in [-0.2, -0.15) is 4.98 Å². The number of anilines is 2. The lowest BCUT2D eigenvalue weighted by molar-refractivity contribution is -0.122. The van der Waals surface area contributed by atoms with Crippen LogP contribution in [-0.2, 0) is 14.9 Å². The number of hydrogen-bond donors (Lipinski definition) is 1. The van der Waals surface area contributed by atoms with Gasteiger partial charge in [0.05, 0.1) is 25.3 Å². The number of ketones is 1. The van der Waals surface area contributed by atoms with Crippen molar-refractivity contribution in [2.75, 3.05) is 43.6 Å². The van der Waals surface area contributed by atoms with Crippen molar-refractivity contribution in [3.8, 4) is 17.1 Å². The Bertz CT molecular complexity index is 1410. The predicted molar refractivity (Wildman–Crippen MR) is 181 cm³/mol. The van der Waals surface area contributed by atoms with Gasteiger partial charge in [0.2, 0.25) is 5.95 Å². The molecule has 1 unspecified atom stereocenters. The van der Waals surface area contributed by atoms with E-state index in [1.165, 1.54) is 0 Å². The highest BCUT2D eigenvalue weighted by atomic mass is 16.5. The van der Waals surface area contributed by atoms with Crippen LogP contribution in [0, 0.1) is 11.8 Å². The number of methoxy groups -OCH3 is 1. The van der Waals surface area contributed by atoms with Crippen LogP contribution in [-0.4, -0.2) is 70.2 Å². The highest BCUT2D eigenvalue weighted by molar-refractivity contribution is 5.85. The highest BCUT2D eigenvalue weighted by Gasteiger charge is 2.34. The summed E-state index contributed by atoms with van der Waals surface area (Å²) in [5.74, 6) is 2.51. The first-order valence-corrected chi connectivity index (χ1v) is 16.9. The molecule has 1 aliphatic carbocycles. The Morgan fingerprint density at radius 2 is 1.72 bits per heavy atom. The molecule has 1 saturated carbocycles. The second-order valence-electron chi connectivity index (χ2n) is 14.2. The third-order valence-corrected chi connectivity index (χ3v) is 9.24. The van der Waals surface area contributed by atoms with Gasteiger partial charge >= 0.3 is 6.01 Å². The molecule has 1 atom stereocenters. The first kappa shape index (κ1) is 33.7. The summed E-state index contributed by atoms with van der Waals surface area (Å²) < 4.78 is 10.8. The zero-order valence-corrected chi connectivity index (χ0v) is 28.5. The predicted octanol–water partition coefficient (Wildman–Crippen LogP) is 6.62. The number of carbonyl (C=O) groups excluding carboxylic acids is 1. The number of hydrogen-bond acceptors (Lipinski definition) is 10. The van der Waals surface area contributed by atoms with Gasteiger partial charge in [0, 0.05) is 73.6 Å². The molecule has 46 heavy (non-hydrogen) atoms. The van der Waals surface area contributed by atoms with Gasteiger partial charge in [-0.15, -0.1) is 0 Å². The Balaban J connectivity index is 1.29. The highest BCUT2D eigenvalue weighted by Crippen LogP contribution is 2.39. The van der Waals surface area contributed by atoms with Crippen molar-refractivity contribution >= 4 is 17.5 Å². The average molecular weight is 630 g/mol. The second-order valence-corrected chi connectivity index (χ2v) is 14.2. The summed E-state index contributed by atoms with van der Waals surface area (Å²) in [6.45, 7) is 14.3. The minimum atomic E-state index is -0.208. The fourth-order valence-corrected chi connectivity index (χ4v) is 6.54. The van der Waals surface area contributed by atoms with Crippen LogP contribution in [0.5, 0.6) is 6.01 Å². The molecule has 0 aromatic carbocycles. The molecule has 10 heteroatoms. The number of pyridine rings is 1. The van der Waals surface area contributed by atoms with Crippen molar-refractivity contribution in [2.24, 2.45) is 11.8 Å². The van der Waals surface area contributed by atoms with E-state index >= 15 is 0 Å². The first-order valence-electron chi connectivity index (χ1n) is 16.9. The molecule has 0 bridgehead atoms. The topological polar surface area (TPSA) is 115 Å². The molecule has 0 amide bonds. The quantitative estimate of drug-likeness (QED) is 0.248. The van der Waals surface area contributed by atoms with E-state index in [2.05, 4.69) is 54.8 Å². The van der Waals surface area contributed by atoms with Crippen molar-refractivity contribution < 1.29 is 14.3 Å². The molecule has 4 heterocycles. The molecular weight excluding hydrogens is 578 g/mol. The van der Waals surface area contributed by atoms with Crippen LogP contribution in [0.3, 0.4) is 0 Å². The zero-order valence-electron chi connectivity index (χ0n) is 28.5. The minimum absolute atomic E-state index is 0.0646. The van der Waals surface area contributed by atoms with Crippen LogP contribution < -0.4 is 15.0 Å². The van der Waals surface area contributed by atoms with Gasteiger partial charge in [-0.25, -0.2) is 15.0 Å². The van der Waals surface area contributed by atoms with E-state index in [1.807, 2.05) is 24.5 Å². The SMILES string of the molecule is COc1ncc(-c2ccc(C(C(=O)CCC(C)C)C3CCC(Nc4ncc(C(C)(C)C)c(N5CCCOCC5)n4)CC3)nc2)cn1. The van der Waals surface area contributed by atoms with E-state index in [9.17, 15) is 4.79 Å². The number of carbonyl (C=O) groups is 1. The van der Waals surface area contributed by atoms with Crippen molar-refractivity contribution in [1.29, 1.82) is 0 Å². The molecule has 2 fully saturated rings. The number of ether oxygens (including phenoxy) is 2. The van der Waals surface area contributed by atoms with E-state index in [1.54, 1.807) is 19.5 Å². The van der Waals surface area contributed by atoms with Crippen LogP contribution >= 0.6 is 0 Å². The van der Waals surface area contributed by atoms with E-state index < -0.39 is 0 Å². The Morgan fingerprint density at radius 3 is 2.37 bits per heavy atom. The Hall–Kier alpha value is -3.66. The van der Waals surface area contributed by atoms with Crippen LogP contribution in [0.25, 0.3) is 11.1 Å². The molecule has 0 spiro atoms. The largest absolute Gasteiger partial charge is 0.467 e. The summed E-state index contributed by atoms with van der Waals surface area (Å²) in [6, 6.07) is 4.63. The number of rotatable bonds is 11. The Morgan fingerprint density at radius 1 is 0.978 bits per heavy atom. The van der Waals surface area contributed by atoms with Gasteiger partial charge in [0.25, 0.3) is 0 Å². The van der Waals surface area contributed by atoms with E-state index in [-0.39, 0.29) is 23.3 Å². The number of Topliss-reactive ketones (excluding diaryl/α,β-unsaturated/α-hetero) is 1. The summed E-state index contributed by atoms with van der Waals surface area (Å²) in [6.07, 6.45) is 13.6. The van der Waals surface area contributed by atoms with Crippen LogP contribution in [0.15, 0.2) is 36.9 Å². The molecule has 0 radical (unpaired) electrons. The molecule has 5 rings (SSSR count). The second kappa shape index (κ2) is 15.3. The lowest BCUT2D eigenvalue weighted by atomic mass is 9.74. The van der Waals surface area contributed by atoms with E-state index in [0.717, 1.165) is 86.4 Å². The lowest BCUT2D eigenvalue weighted by Crippen LogP contribution is -2.33. The standard InChI is InChI=1S/C36H51N7O3/c1-24(2)8-15-31(44)32(30-14-11-26(20-37-30)27-21-39-35(45-6)40-22-27)25-9-12-28(13-10-25)41-34-38-23-29(36(3,4)5)33(42-34)43-16-7-18-46-19-17-43/h11,14,20-25,28,32H,7-10,12-13,15-19H2,1-6H3,(H,38,41,42). The van der Waals surface area contributed by atoms with Gasteiger partial charge < -0.3 is 19.7 Å². The maximum atomic E-state index is 13.7. The van der Waals surface area contributed by atoms with Crippen molar-refractivity contribution in [1.82, 2.24) is 24.9 Å². The molecule has 3 aromatic rings. The molecule has 248 valence electrons. The van der Waals surface area contributed by atoms with Crippen molar-refractivity contribution in [3.05, 3.63) is 48.2 Å². The van der Waals surface area contributed by atoms with Crippen LogP contribution in [0.1, 0.15) is 96.7 Å². The maximum Gasteiger partial charge on any atom is 0.316 e. The monoisotopic (exact) mass is 629 g/mol. The average Bonchev–Trinajstić information content (AvgIpc) is 3.34. The van der Waals surface area contributed by atoms with E-state index in [0.29, 0.717) is 36.7 Å². The summed E-state index contributed by atoms with van der Waals surface area (Å²) in [5, 5.41) is 3.66. The molecule has 3 aromatic heterocycles. The summed E-state index contributed by atoms with van der Waals surface area (Å²) in [7, 11) is 1.55. The fourth-order valence-electron chi connectivity index (χ4n) is 6.54. The molecular formula is C36H51N7O3. The summed E-state index contributed by atoms with van der Waals surface area (Å²) in [5.41, 5.74) is 3.72. The van der Waals surface area contributed by atoms with Gasteiger partial charge in [-0.05, 0) is 61.8 Å². The molecule has 1 N–H and O–H groups in total. The smallest absolute Gasteiger partial charge is 0.316 e. The molecule has 10 nitrogen and oxygen atoms in total. The minimum Gasteiger partial charge on any atom is -0.467 e. The van der Waals surface area contributed by atoms with Crippen molar-refractivity contribution in [2.45, 2.75) is 96.9 Å². The van der Waals surface area contributed by atoms with Gasteiger partial charge in [-0.1, -0.05) is 40.7 Å². The Labute approximate surface area is 274 Å². The normalized spacial score (nSPS) is 19.8. The zero-order chi connectivity index (χ0) is 32.7. The first-order chi connectivity index (χ1) is 22.1. The Kier molecular flexibility index (Phi) is 11.2. The third kappa shape index (κ3) is 8.57. The van der Waals surface area contributed by atoms with Gasteiger partial charge in [-0.3, -0.25) is 9.78 Å².